The summed E-state index contributed by atoms with van der Waals surface area (Å²) < 4.78 is 1.10. The first-order chi connectivity index (χ1) is 10.0. The van der Waals surface area contributed by atoms with Crippen molar-refractivity contribution in [2.45, 2.75) is 13.8 Å². The molecule has 0 saturated carbocycles. The molecule has 21 heavy (non-hydrogen) atoms. The van der Waals surface area contributed by atoms with Crippen molar-refractivity contribution < 1.29 is 14.7 Å². The van der Waals surface area contributed by atoms with E-state index in [2.05, 4.69) is 0 Å². The Morgan fingerprint density at radius 1 is 0.857 bits per heavy atom. The number of benzene rings is 2. The first kappa shape index (κ1) is 18.1. The SMILES string of the molecule is CC.O=C(C(=O)c1cc(I)c(O)c(I)c1)c1ccccc1. The van der Waals surface area contributed by atoms with Gasteiger partial charge in [-0.2, -0.15) is 0 Å². The van der Waals surface area contributed by atoms with Crippen molar-refractivity contribution in [2.75, 3.05) is 0 Å². The Kier molecular flexibility index (Phi) is 7.30. The van der Waals surface area contributed by atoms with E-state index in [1.54, 1.807) is 30.3 Å². The van der Waals surface area contributed by atoms with Gasteiger partial charge in [-0.15, -0.1) is 0 Å². The summed E-state index contributed by atoms with van der Waals surface area (Å²) >= 11 is 3.86. The molecule has 0 saturated heterocycles. The molecule has 1 N–H and O–H groups in total. The summed E-state index contributed by atoms with van der Waals surface area (Å²) in [6.07, 6.45) is 0. The number of hydrogen-bond acceptors (Lipinski definition) is 3. The van der Waals surface area contributed by atoms with E-state index in [1.165, 1.54) is 12.1 Å². The first-order valence-corrected chi connectivity index (χ1v) is 8.48. The Morgan fingerprint density at radius 2 is 1.29 bits per heavy atom. The summed E-state index contributed by atoms with van der Waals surface area (Å²) in [5, 5.41) is 9.66. The molecule has 0 bridgehead atoms. The number of carbonyl (C=O) groups is 2. The van der Waals surface area contributed by atoms with Gasteiger partial charge in [-0.05, 0) is 57.3 Å². The lowest BCUT2D eigenvalue weighted by atomic mass is 10.0. The second kappa shape index (κ2) is 8.47. The van der Waals surface area contributed by atoms with E-state index in [1.807, 2.05) is 59.0 Å². The molecule has 110 valence electrons. The Morgan fingerprint density at radius 3 is 1.76 bits per heavy atom. The van der Waals surface area contributed by atoms with Gasteiger partial charge < -0.3 is 5.11 Å². The molecule has 0 heterocycles. The molecule has 0 radical (unpaired) electrons. The maximum absolute atomic E-state index is 12.1. The number of carbonyl (C=O) groups excluding carboxylic acids is 2. The van der Waals surface area contributed by atoms with Crippen LogP contribution in [0, 0.1) is 7.14 Å². The van der Waals surface area contributed by atoms with Crippen LogP contribution in [0.2, 0.25) is 0 Å². The summed E-state index contributed by atoms with van der Waals surface area (Å²) in [7, 11) is 0. The summed E-state index contributed by atoms with van der Waals surface area (Å²) in [6.45, 7) is 4.00. The summed E-state index contributed by atoms with van der Waals surface area (Å²) in [4.78, 5) is 24.2. The van der Waals surface area contributed by atoms with Gasteiger partial charge in [0.05, 0.1) is 7.14 Å². The predicted molar refractivity (Wildman–Crippen MR) is 100.0 cm³/mol. The summed E-state index contributed by atoms with van der Waals surface area (Å²) in [5.74, 6) is -0.982. The van der Waals surface area contributed by atoms with E-state index in [-0.39, 0.29) is 5.75 Å². The largest absolute Gasteiger partial charge is 0.506 e. The van der Waals surface area contributed by atoms with Crippen LogP contribution in [0.1, 0.15) is 34.6 Å². The van der Waals surface area contributed by atoms with E-state index in [9.17, 15) is 14.7 Å². The van der Waals surface area contributed by atoms with E-state index in [0.29, 0.717) is 18.3 Å². The fourth-order valence-corrected chi connectivity index (χ4v) is 3.32. The zero-order valence-electron chi connectivity index (χ0n) is 11.6. The van der Waals surface area contributed by atoms with Crippen LogP contribution in [-0.2, 0) is 0 Å². The third-order valence-electron chi connectivity index (χ3n) is 2.52. The van der Waals surface area contributed by atoms with Gasteiger partial charge in [0.15, 0.2) is 0 Å². The molecule has 0 aromatic heterocycles. The van der Waals surface area contributed by atoms with Gasteiger partial charge in [0.2, 0.25) is 11.6 Å². The second-order valence-electron chi connectivity index (χ2n) is 3.81. The quantitative estimate of drug-likeness (QED) is 0.372. The zero-order valence-corrected chi connectivity index (χ0v) is 15.9. The van der Waals surface area contributed by atoms with E-state index in [0.717, 1.165) is 0 Å². The number of ketones is 2. The van der Waals surface area contributed by atoms with Gasteiger partial charge in [0.1, 0.15) is 5.75 Å². The van der Waals surface area contributed by atoms with Gasteiger partial charge in [-0.3, -0.25) is 9.59 Å². The van der Waals surface area contributed by atoms with Gasteiger partial charge in [-0.1, -0.05) is 44.2 Å². The lowest BCUT2D eigenvalue weighted by Crippen LogP contribution is -2.14. The predicted octanol–water partition coefficient (Wildman–Crippen LogP) is 4.69. The number of rotatable bonds is 3. The van der Waals surface area contributed by atoms with Crippen molar-refractivity contribution in [3.8, 4) is 5.75 Å². The number of halogens is 2. The molecule has 0 amide bonds. The van der Waals surface area contributed by atoms with Crippen LogP contribution in [0.25, 0.3) is 0 Å². The molecule has 2 aromatic carbocycles. The maximum Gasteiger partial charge on any atom is 0.233 e. The summed E-state index contributed by atoms with van der Waals surface area (Å²) in [5.41, 5.74) is 0.658. The Bertz CT molecular complexity index is 629. The van der Waals surface area contributed by atoms with E-state index < -0.39 is 11.6 Å². The molecule has 3 nitrogen and oxygen atoms in total. The zero-order chi connectivity index (χ0) is 16.0. The van der Waals surface area contributed by atoms with E-state index >= 15 is 0 Å². The second-order valence-corrected chi connectivity index (χ2v) is 6.14. The first-order valence-electron chi connectivity index (χ1n) is 6.33. The highest BCUT2D eigenvalue weighted by Gasteiger charge is 2.20. The third kappa shape index (κ3) is 4.50. The van der Waals surface area contributed by atoms with Gasteiger partial charge in [-0.25, -0.2) is 0 Å². The van der Waals surface area contributed by atoms with E-state index in [4.69, 9.17) is 0 Å². The minimum atomic E-state index is -0.568. The highest BCUT2D eigenvalue weighted by molar-refractivity contribution is 14.1. The highest BCUT2D eigenvalue weighted by Crippen LogP contribution is 2.27. The van der Waals surface area contributed by atoms with Crippen molar-refractivity contribution in [1.82, 2.24) is 0 Å². The van der Waals surface area contributed by atoms with Crippen molar-refractivity contribution in [1.29, 1.82) is 0 Å². The Labute approximate surface area is 151 Å². The molecule has 0 fully saturated rings. The van der Waals surface area contributed by atoms with Gasteiger partial charge >= 0.3 is 0 Å². The molecule has 5 heteroatoms. The number of aromatic hydroxyl groups is 1. The molecule has 0 aliphatic heterocycles. The molecule has 0 unspecified atom stereocenters. The average molecular weight is 508 g/mol. The topological polar surface area (TPSA) is 54.4 Å². The van der Waals surface area contributed by atoms with Crippen LogP contribution >= 0.6 is 45.2 Å². The number of Topliss-reactive ketones (excluding diaryl/α,β-unsaturated/α-hetero) is 2. The smallest absolute Gasteiger partial charge is 0.233 e. The highest BCUT2D eigenvalue weighted by atomic mass is 127. The van der Waals surface area contributed by atoms with Crippen molar-refractivity contribution in [3.05, 3.63) is 60.7 Å². The van der Waals surface area contributed by atoms with Crippen LogP contribution < -0.4 is 0 Å². The number of hydrogen-bond donors (Lipinski definition) is 1. The number of phenols is 1. The minimum absolute atomic E-state index is 0.130. The Hall–Kier alpha value is -0.960. The summed E-state index contributed by atoms with van der Waals surface area (Å²) in [6, 6.07) is 11.5. The van der Waals surface area contributed by atoms with Crippen LogP contribution in [0.5, 0.6) is 5.75 Å². The van der Waals surface area contributed by atoms with Gasteiger partial charge in [0.25, 0.3) is 0 Å². The van der Waals surface area contributed by atoms with Crippen molar-refractivity contribution in [2.24, 2.45) is 0 Å². The molecular weight excluding hydrogens is 494 g/mol. The Balaban J connectivity index is 0.00000106. The van der Waals surface area contributed by atoms with Crippen LogP contribution in [-0.4, -0.2) is 16.7 Å². The lowest BCUT2D eigenvalue weighted by molar-refractivity contribution is 0.0817. The van der Waals surface area contributed by atoms with Crippen LogP contribution in [0.3, 0.4) is 0 Å². The molecule has 0 atom stereocenters. The molecule has 0 spiro atoms. The van der Waals surface area contributed by atoms with Gasteiger partial charge in [0, 0.05) is 11.1 Å². The standard InChI is InChI=1S/C14H8I2O3.C2H6/c15-10-6-9(7-11(16)14(10)19)13(18)12(17)8-4-2-1-3-5-8;1-2/h1-7,19H;1-2H3. The fourth-order valence-electron chi connectivity index (χ4n) is 1.55. The monoisotopic (exact) mass is 508 g/mol. The molecule has 0 aliphatic carbocycles. The fraction of sp³-hybridized carbons (Fsp3) is 0.125. The normalized spacial score (nSPS) is 9.52. The van der Waals surface area contributed by atoms with Crippen LogP contribution in [0.15, 0.2) is 42.5 Å². The minimum Gasteiger partial charge on any atom is -0.506 e. The average Bonchev–Trinajstić information content (AvgIpc) is 2.53. The van der Waals surface area contributed by atoms with Crippen molar-refractivity contribution >= 4 is 56.7 Å². The maximum atomic E-state index is 12.1. The molecule has 2 aromatic rings. The molecule has 2 rings (SSSR count). The van der Waals surface area contributed by atoms with Crippen molar-refractivity contribution in [3.63, 3.8) is 0 Å². The third-order valence-corrected chi connectivity index (χ3v) is 4.17. The van der Waals surface area contributed by atoms with Crippen LogP contribution in [0.4, 0.5) is 0 Å². The molecular formula is C16H14I2O3. The lowest BCUT2D eigenvalue weighted by Gasteiger charge is -2.05. The molecule has 0 aliphatic rings. The number of phenolic OH excluding ortho intramolecular Hbond substituents is 1.